The van der Waals surface area contributed by atoms with Gasteiger partial charge in [0.2, 0.25) is 0 Å². The first-order chi connectivity index (χ1) is 49.7. The lowest BCUT2D eigenvalue weighted by molar-refractivity contribution is -0.161. The van der Waals surface area contributed by atoms with Crippen LogP contribution in [0.1, 0.15) is 374 Å². The molecule has 0 aliphatic carbocycles. The molecule has 19 heteroatoms. The fraction of sp³-hybridized carbons (Fsp3) is 0.807. The second kappa shape index (κ2) is 75.7. The molecule has 0 amide bonds. The molecule has 0 aliphatic rings. The van der Waals surface area contributed by atoms with Crippen LogP contribution in [0.25, 0.3) is 0 Å². The lowest BCUT2D eigenvalue weighted by Gasteiger charge is -2.21. The molecule has 0 rings (SSSR count). The fourth-order valence-electron chi connectivity index (χ4n) is 11.4. The second-order valence-corrected chi connectivity index (χ2v) is 30.6. The van der Waals surface area contributed by atoms with Gasteiger partial charge in [-0.1, -0.05) is 325 Å². The van der Waals surface area contributed by atoms with Gasteiger partial charge in [0.15, 0.2) is 12.2 Å². The Morgan fingerprint density at radius 3 is 0.794 bits per heavy atom. The van der Waals surface area contributed by atoms with Gasteiger partial charge in [0.1, 0.15) is 19.3 Å². The van der Waals surface area contributed by atoms with Crippen LogP contribution < -0.4 is 0 Å². The van der Waals surface area contributed by atoms with Crippen LogP contribution >= 0.6 is 15.6 Å². The van der Waals surface area contributed by atoms with E-state index in [1.165, 1.54) is 173 Å². The van der Waals surface area contributed by atoms with Crippen LogP contribution in [0.3, 0.4) is 0 Å². The second-order valence-electron chi connectivity index (χ2n) is 27.7. The van der Waals surface area contributed by atoms with E-state index >= 15 is 0 Å². The molecule has 0 aromatic carbocycles. The van der Waals surface area contributed by atoms with E-state index in [1.807, 2.05) is 12.2 Å². The van der Waals surface area contributed by atoms with Crippen molar-refractivity contribution < 1.29 is 80.2 Å². The van der Waals surface area contributed by atoms with Crippen molar-refractivity contribution in [2.75, 3.05) is 39.6 Å². The highest BCUT2D eigenvalue weighted by atomic mass is 31.2. The molecule has 5 atom stereocenters. The van der Waals surface area contributed by atoms with Crippen molar-refractivity contribution in [3.8, 4) is 0 Å². The van der Waals surface area contributed by atoms with E-state index in [9.17, 15) is 43.2 Å². The predicted molar refractivity (Wildman–Crippen MR) is 418 cm³/mol. The number of phosphoric acid groups is 2. The zero-order chi connectivity index (χ0) is 74.6. The predicted octanol–water partition coefficient (Wildman–Crippen LogP) is 24.0. The van der Waals surface area contributed by atoms with Crippen LogP contribution in [0.4, 0.5) is 0 Å². The Kier molecular flexibility index (Phi) is 73.1. The normalized spacial score (nSPS) is 14.2. The van der Waals surface area contributed by atoms with Crippen LogP contribution in [-0.2, 0) is 65.4 Å². The summed E-state index contributed by atoms with van der Waals surface area (Å²) in [6.45, 7) is 4.83. The van der Waals surface area contributed by atoms with Crippen molar-refractivity contribution in [3.05, 3.63) is 72.9 Å². The molecule has 0 aromatic heterocycles. The van der Waals surface area contributed by atoms with E-state index in [4.69, 9.17) is 37.0 Å². The van der Waals surface area contributed by atoms with Gasteiger partial charge in [-0.05, 0) is 96.3 Å². The lowest BCUT2D eigenvalue weighted by Crippen LogP contribution is -2.30. The Morgan fingerprint density at radius 1 is 0.275 bits per heavy atom. The zero-order valence-electron chi connectivity index (χ0n) is 65.0. The van der Waals surface area contributed by atoms with Gasteiger partial charge in [0, 0.05) is 25.7 Å². The van der Waals surface area contributed by atoms with E-state index in [-0.39, 0.29) is 25.7 Å². The molecule has 0 aromatic rings. The molecule has 0 aliphatic heterocycles. The van der Waals surface area contributed by atoms with Gasteiger partial charge in [0.05, 0.1) is 26.4 Å². The summed E-state index contributed by atoms with van der Waals surface area (Å²) >= 11 is 0. The fourth-order valence-corrected chi connectivity index (χ4v) is 12.9. The van der Waals surface area contributed by atoms with Gasteiger partial charge in [-0.3, -0.25) is 37.3 Å². The first kappa shape index (κ1) is 98.5. The summed E-state index contributed by atoms with van der Waals surface area (Å²) in [4.78, 5) is 73.0. The Balaban J connectivity index is 5.39. The molecule has 0 spiro atoms. The maximum Gasteiger partial charge on any atom is 0.472 e. The number of hydrogen-bond donors (Lipinski definition) is 3. The van der Waals surface area contributed by atoms with Crippen molar-refractivity contribution in [1.29, 1.82) is 0 Å². The summed E-state index contributed by atoms with van der Waals surface area (Å²) in [5.74, 6) is -2.22. The molecule has 102 heavy (non-hydrogen) atoms. The molecule has 0 radical (unpaired) electrons. The Bertz CT molecular complexity index is 2210. The Hall–Kier alpha value is -3.50. The molecule has 0 fully saturated rings. The van der Waals surface area contributed by atoms with Crippen molar-refractivity contribution >= 4 is 39.5 Å². The smallest absolute Gasteiger partial charge is 0.462 e. The van der Waals surface area contributed by atoms with Crippen LogP contribution in [-0.4, -0.2) is 96.7 Å². The first-order valence-corrected chi connectivity index (χ1v) is 44.2. The van der Waals surface area contributed by atoms with E-state index in [0.717, 1.165) is 116 Å². The van der Waals surface area contributed by atoms with Crippen LogP contribution in [0.2, 0.25) is 0 Å². The van der Waals surface area contributed by atoms with E-state index < -0.39 is 97.5 Å². The largest absolute Gasteiger partial charge is 0.472 e. The Labute approximate surface area is 622 Å². The number of phosphoric ester groups is 2. The molecule has 17 nitrogen and oxygen atoms in total. The topological polar surface area (TPSA) is 237 Å². The molecular formula is C83H150O17P2. The monoisotopic (exact) mass is 1480 g/mol. The number of carbonyl (C=O) groups is 4. The number of unbranched alkanes of at least 4 members (excludes halogenated alkanes) is 40. The summed E-state index contributed by atoms with van der Waals surface area (Å²) in [5.41, 5.74) is 0. The van der Waals surface area contributed by atoms with Crippen molar-refractivity contribution in [2.24, 2.45) is 0 Å². The number of carbonyl (C=O) groups excluding carboxylic acids is 4. The third-order valence-corrected chi connectivity index (χ3v) is 19.6. The highest BCUT2D eigenvalue weighted by Crippen LogP contribution is 2.45. The minimum absolute atomic E-state index is 0.0234. The van der Waals surface area contributed by atoms with Gasteiger partial charge >= 0.3 is 39.5 Å². The minimum Gasteiger partial charge on any atom is -0.462 e. The maximum absolute atomic E-state index is 13.1. The third-order valence-electron chi connectivity index (χ3n) is 17.7. The number of rotatable bonds is 78. The third kappa shape index (κ3) is 74.8. The number of aliphatic hydroxyl groups is 1. The molecule has 2 unspecified atom stereocenters. The summed E-state index contributed by atoms with van der Waals surface area (Å²) < 4.78 is 68.6. The highest BCUT2D eigenvalue weighted by Gasteiger charge is 2.30. The molecule has 0 heterocycles. The van der Waals surface area contributed by atoms with Gasteiger partial charge < -0.3 is 33.8 Å². The minimum atomic E-state index is -4.99. The Morgan fingerprint density at radius 2 is 0.490 bits per heavy atom. The first-order valence-electron chi connectivity index (χ1n) is 41.2. The average Bonchev–Trinajstić information content (AvgIpc) is 0.917. The molecule has 594 valence electrons. The highest BCUT2D eigenvalue weighted by molar-refractivity contribution is 7.47. The van der Waals surface area contributed by atoms with Crippen molar-refractivity contribution in [3.63, 3.8) is 0 Å². The summed E-state index contributed by atoms with van der Waals surface area (Å²) in [6.07, 6.45) is 77.3. The maximum atomic E-state index is 13.1. The SMILES string of the molecule is CCCCC/C=C\C/C=C\C/C=C\C/C=C\CCCC(=O)O[C@H](COC(=O)CCCCCCCCCCCCCCCCC)COP(=O)(O)OC[C@H](O)COP(=O)(O)OC[C@@H](COC(=O)CCCCCCC/C=C\C/C=C\CCCCC)OC(=O)CCCCCCCCCCCCCCCCC. The van der Waals surface area contributed by atoms with E-state index in [2.05, 4.69) is 88.5 Å². The summed E-state index contributed by atoms with van der Waals surface area (Å²) in [5, 5.41) is 10.6. The van der Waals surface area contributed by atoms with E-state index in [1.54, 1.807) is 0 Å². The average molecular weight is 1480 g/mol. The summed E-state index contributed by atoms with van der Waals surface area (Å²) in [6, 6.07) is 0. The molecular weight excluding hydrogens is 1330 g/mol. The molecule has 3 N–H and O–H groups in total. The van der Waals surface area contributed by atoms with Crippen molar-refractivity contribution in [2.45, 2.75) is 393 Å². The number of aliphatic hydroxyl groups excluding tert-OH is 1. The van der Waals surface area contributed by atoms with Gasteiger partial charge in [-0.15, -0.1) is 0 Å². The van der Waals surface area contributed by atoms with Gasteiger partial charge in [0.25, 0.3) is 0 Å². The summed E-state index contributed by atoms with van der Waals surface area (Å²) in [7, 11) is -9.96. The number of allylic oxidation sites excluding steroid dienone is 12. The lowest BCUT2D eigenvalue weighted by atomic mass is 10.0. The number of ether oxygens (including phenoxy) is 4. The van der Waals surface area contributed by atoms with Gasteiger partial charge in [-0.2, -0.15) is 0 Å². The zero-order valence-corrected chi connectivity index (χ0v) is 66.8. The van der Waals surface area contributed by atoms with Crippen LogP contribution in [0.5, 0.6) is 0 Å². The standard InChI is InChI=1S/C83H150O17P2/c1-5-9-13-17-21-25-29-33-37-38-42-46-50-54-58-62-66-70-83(88)100-79(74-94-81(86)68-64-60-56-52-48-44-40-35-31-27-23-19-15-11-7-3)76-98-102(91,92)96-72-77(84)71-95-101(89,90)97-75-78(99-82(87)69-65-61-57-53-49-45-41-36-32-28-24-20-16-12-8-4)73-93-80(85)67-63-59-55-51-47-43-39-34-30-26-22-18-14-10-6-2/h21-22,25-26,33-34,37,39,42,46,54,58,77-79,84H,5-20,23-24,27-32,35-36,38,40-41,43-45,47-53,55-57,59-76H2,1-4H3,(H,89,90)(H,91,92)/b25-21-,26-22-,37-33-,39-34-,46-42-,58-54-/t77-,78-,79-/m1/s1. The number of esters is 4. The van der Waals surface area contributed by atoms with Crippen molar-refractivity contribution in [1.82, 2.24) is 0 Å². The van der Waals surface area contributed by atoms with Crippen LogP contribution in [0.15, 0.2) is 72.9 Å². The number of hydrogen-bond acceptors (Lipinski definition) is 15. The molecule has 0 saturated heterocycles. The van der Waals surface area contributed by atoms with E-state index in [0.29, 0.717) is 32.1 Å². The van der Waals surface area contributed by atoms with Gasteiger partial charge in [-0.25, -0.2) is 9.13 Å². The molecule has 0 bridgehead atoms. The molecule has 0 saturated carbocycles. The van der Waals surface area contributed by atoms with Crippen LogP contribution in [0, 0.1) is 0 Å². The quantitative estimate of drug-likeness (QED) is 0.0169.